The second-order valence-corrected chi connectivity index (χ2v) is 11.1. The Kier molecular flexibility index (Phi) is 11.2. The summed E-state index contributed by atoms with van der Waals surface area (Å²) in [5, 5.41) is 8.00. The van der Waals surface area contributed by atoms with Crippen LogP contribution in [-0.2, 0) is 33.4 Å². The Morgan fingerprint density at radius 1 is 0.953 bits per heavy atom. The Morgan fingerprint density at radius 2 is 1.70 bits per heavy atom. The molecule has 43 heavy (non-hydrogen) atoms. The van der Waals surface area contributed by atoms with Gasteiger partial charge in [0.15, 0.2) is 6.10 Å². The Balaban J connectivity index is 1.51. The third kappa shape index (κ3) is 8.82. The van der Waals surface area contributed by atoms with E-state index in [1.54, 1.807) is 20.8 Å². The summed E-state index contributed by atoms with van der Waals surface area (Å²) in [6.07, 6.45) is 3.85. The van der Waals surface area contributed by atoms with E-state index in [4.69, 9.17) is 19.2 Å². The van der Waals surface area contributed by atoms with E-state index in [1.807, 2.05) is 49.4 Å². The molecule has 12 nitrogen and oxygen atoms in total. The standard InChI is InChI=1S/C31H41N5O7/c1-19(2)28-30(39)33-21(4)31(40)36-13-5-8-25(35-36)29(38)32-20(3)24-12-11-23-10-9-22(17-26(23)34-24)7-6-14-41-15-16-42-18-27(37)43-28/h6-7,9-12,17,19-21,25,28,35H,5,8,13-16,18H2,1-4H3,(H,32,38)(H,33,39)/b7-6+/t20-,21+,25+,28+/m1/s1. The van der Waals surface area contributed by atoms with E-state index in [1.165, 1.54) is 5.01 Å². The van der Waals surface area contributed by atoms with Crippen molar-refractivity contribution in [3.05, 3.63) is 47.7 Å². The largest absolute Gasteiger partial charge is 0.450 e. The van der Waals surface area contributed by atoms with Crippen molar-refractivity contribution in [2.75, 3.05) is 33.0 Å². The maximum Gasteiger partial charge on any atom is 0.332 e. The number of nitrogens with one attached hydrogen (secondary N) is 3. The summed E-state index contributed by atoms with van der Waals surface area (Å²) in [6.45, 7) is 7.74. The molecule has 12 heteroatoms. The number of hydrogen-bond donors (Lipinski definition) is 3. The van der Waals surface area contributed by atoms with Crippen molar-refractivity contribution in [2.45, 2.75) is 64.8 Å². The fraction of sp³-hybridized carbons (Fsp3) is 0.516. The van der Waals surface area contributed by atoms with Gasteiger partial charge in [-0.25, -0.2) is 10.2 Å². The highest BCUT2D eigenvalue weighted by Crippen LogP contribution is 2.20. The molecule has 2 aliphatic rings. The van der Waals surface area contributed by atoms with Crippen molar-refractivity contribution < 1.29 is 33.4 Å². The minimum absolute atomic E-state index is 0.175. The van der Waals surface area contributed by atoms with Crippen LogP contribution in [0.25, 0.3) is 17.0 Å². The number of carbonyl (C=O) groups is 4. The van der Waals surface area contributed by atoms with Gasteiger partial charge in [0.2, 0.25) is 5.91 Å². The smallest absolute Gasteiger partial charge is 0.332 e. The molecule has 3 heterocycles. The number of aromatic nitrogens is 1. The molecule has 0 spiro atoms. The molecule has 3 N–H and O–H groups in total. The fourth-order valence-corrected chi connectivity index (χ4v) is 4.88. The van der Waals surface area contributed by atoms with Gasteiger partial charge in [-0.1, -0.05) is 44.2 Å². The summed E-state index contributed by atoms with van der Waals surface area (Å²) in [5.74, 6) is -2.28. The first-order valence-electron chi connectivity index (χ1n) is 14.7. The summed E-state index contributed by atoms with van der Waals surface area (Å²) < 4.78 is 16.3. The predicted octanol–water partition coefficient (Wildman–Crippen LogP) is 2.04. The molecule has 1 fully saturated rings. The van der Waals surface area contributed by atoms with Crippen LogP contribution >= 0.6 is 0 Å². The van der Waals surface area contributed by atoms with Crippen molar-refractivity contribution >= 4 is 40.7 Å². The number of fused-ring (bicyclic) bond motifs is 4. The van der Waals surface area contributed by atoms with Crippen molar-refractivity contribution in [3.8, 4) is 0 Å². The van der Waals surface area contributed by atoms with E-state index in [9.17, 15) is 19.2 Å². The monoisotopic (exact) mass is 595 g/mol. The number of benzene rings is 1. The van der Waals surface area contributed by atoms with Crippen molar-refractivity contribution in [2.24, 2.45) is 5.92 Å². The lowest BCUT2D eigenvalue weighted by Gasteiger charge is -2.35. The van der Waals surface area contributed by atoms with Crippen LogP contribution in [0, 0.1) is 5.92 Å². The van der Waals surface area contributed by atoms with Gasteiger partial charge in [0.05, 0.1) is 37.1 Å². The third-order valence-electron chi connectivity index (χ3n) is 7.28. The molecular weight excluding hydrogens is 554 g/mol. The molecule has 3 amide bonds. The fourth-order valence-electron chi connectivity index (χ4n) is 4.88. The summed E-state index contributed by atoms with van der Waals surface area (Å²) in [4.78, 5) is 56.5. The van der Waals surface area contributed by atoms with Gasteiger partial charge in [0, 0.05) is 11.9 Å². The SMILES string of the molecule is CC(C)[C@@H]1OC(=O)COCCOC/C=C/c2ccc3ccc(nc3c2)[C@@H](C)NC(=O)[C@@H]2CCCN(N2)C(=O)[C@H](C)NC1=O. The molecule has 2 aromatic rings. The Bertz CT molecular complexity index is 1350. The minimum atomic E-state index is -1.10. The number of carbonyl (C=O) groups excluding carboxylic acids is 4. The Hall–Kier alpha value is -3.87. The summed E-state index contributed by atoms with van der Waals surface area (Å²) >= 11 is 0. The van der Waals surface area contributed by atoms with Crippen LogP contribution in [0.1, 0.15) is 57.8 Å². The van der Waals surface area contributed by atoms with Crippen LogP contribution in [0.4, 0.5) is 0 Å². The topological polar surface area (TPSA) is 148 Å². The number of nitrogens with zero attached hydrogens (tertiary/aromatic N) is 2. The highest BCUT2D eigenvalue weighted by molar-refractivity contribution is 5.91. The van der Waals surface area contributed by atoms with Gasteiger partial charge >= 0.3 is 5.97 Å². The van der Waals surface area contributed by atoms with Gasteiger partial charge in [-0.05, 0) is 50.3 Å². The average molecular weight is 596 g/mol. The first kappa shape index (κ1) is 32.1. The maximum atomic E-state index is 13.2. The highest BCUT2D eigenvalue weighted by atomic mass is 16.6. The van der Waals surface area contributed by atoms with Crippen LogP contribution in [0.3, 0.4) is 0 Å². The molecule has 1 saturated heterocycles. The zero-order valence-corrected chi connectivity index (χ0v) is 25.1. The lowest BCUT2D eigenvalue weighted by atomic mass is 10.1. The lowest BCUT2D eigenvalue weighted by molar-refractivity contribution is -0.163. The summed E-state index contributed by atoms with van der Waals surface area (Å²) in [7, 11) is 0. The number of hydrazine groups is 1. The van der Waals surface area contributed by atoms with E-state index in [2.05, 4.69) is 16.1 Å². The summed E-state index contributed by atoms with van der Waals surface area (Å²) in [6, 6.07) is 7.89. The molecule has 232 valence electrons. The van der Waals surface area contributed by atoms with E-state index in [0.717, 1.165) is 16.5 Å². The Morgan fingerprint density at radius 3 is 2.49 bits per heavy atom. The molecule has 0 aliphatic carbocycles. The number of ether oxygens (including phenoxy) is 3. The van der Waals surface area contributed by atoms with Crippen LogP contribution in [-0.4, -0.2) is 84.8 Å². The van der Waals surface area contributed by atoms with Gasteiger partial charge in [-0.3, -0.25) is 24.4 Å². The molecule has 5 bridgehead atoms. The molecule has 1 aromatic heterocycles. The zero-order chi connectivity index (χ0) is 30.9. The van der Waals surface area contributed by atoms with E-state index < -0.39 is 36.0 Å². The second-order valence-electron chi connectivity index (χ2n) is 11.1. The number of amides is 3. The first-order chi connectivity index (χ1) is 20.6. The van der Waals surface area contributed by atoms with Crippen LogP contribution < -0.4 is 16.1 Å². The predicted molar refractivity (Wildman–Crippen MR) is 159 cm³/mol. The van der Waals surface area contributed by atoms with Gasteiger partial charge in [0.1, 0.15) is 18.7 Å². The quantitative estimate of drug-likeness (QED) is 0.421. The van der Waals surface area contributed by atoms with Gasteiger partial charge in [0.25, 0.3) is 11.8 Å². The number of rotatable bonds is 1. The van der Waals surface area contributed by atoms with E-state index in [-0.39, 0.29) is 37.7 Å². The summed E-state index contributed by atoms with van der Waals surface area (Å²) in [5.41, 5.74) is 5.48. The van der Waals surface area contributed by atoms with E-state index in [0.29, 0.717) is 31.7 Å². The maximum absolute atomic E-state index is 13.2. The third-order valence-corrected chi connectivity index (χ3v) is 7.28. The van der Waals surface area contributed by atoms with Crippen molar-refractivity contribution in [1.29, 1.82) is 0 Å². The number of pyridine rings is 1. The molecule has 0 saturated carbocycles. The molecule has 4 atom stereocenters. The number of hydrogen-bond acceptors (Lipinski definition) is 9. The van der Waals surface area contributed by atoms with E-state index >= 15 is 0 Å². The molecule has 1 aromatic carbocycles. The van der Waals surface area contributed by atoms with Crippen molar-refractivity contribution in [1.82, 2.24) is 26.1 Å². The number of cyclic esters (lactones) is 1. The van der Waals surface area contributed by atoms with Crippen LogP contribution in [0.5, 0.6) is 0 Å². The lowest BCUT2D eigenvalue weighted by Crippen LogP contribution is -2.61. The van der Waals surface area contributed by atoms with Gasteiger partial charge in [-0.2, -0.15) is 0 Å². The Labute approximate surface area is 251 Å². The second kappa shape index (κ2) is 15.0. The normalized spacial score (nSPS) is 26.3. The minimum Gasteiger partial charge on any atom is -0.450 e. The van der Waals surface area contributed by atoms with Crippen LogP contribution in [0.2, 0.25) is 0 Å². The van der Waals surface area contributed by atoms with Crippen LogP contribution in [0.15, 0.2) is 36.4 Å². The van der Waals surface area contributed by atoms with Gasteiger partial charge < -0.3 is 24.8 Å². The molecule has 2 aliphatic heterocycles. The van der Waals surface area contributed by atoms with Crippen molar-refractivity contribution in [3.63, 3.8) is 0 Å². The zero-order valence-electron chi connectivity index (χ0n) is 25.1. The number of esters is 1. The molecule has 4 rings (SSSR count). The molecule has 0 unspecified atom stereocenters. The average Bonchev–Trinajstić information content (AvgIpc) is 2.99. The molecule has 0 radical (unpaired) electrons. The van der Waals surface area contributed by atoms with Gasteiger partial charge in [-0.15, -0.1) is 0 Å². The molecular formula is C31H41N5O7. The first-order valence-corrected chi connectivity index (χ1v) is 14.7. The highest BCUT2D eigenvalue weighted by Gasteiger charge is 2.33.